The highest BCUT2D eigenvalue weighted by Crippen LogP contribution is 2.24. The molecule has 0 aliphatic heterocycles. The number of aryl methyl sites for hydroxylation is 3. The molecule has 2 aromatic heterocycles. The zero-order valence-electron chi connectivity index (χ0n) is 16.3. The molecule has 5 nitrogen and oxygen atoms in total. The molecule has 1 atom stereocenters. The molecule has 0 aromatic carbocycles. The van der Waals surface area contributed by atoms with Crippen molar-refractivity contribution in [1.82, 2.24) is 19.5 Å². The summed E-state index contributed by atoms with van der Waals surface area (Å²) in [4.78, 5) is 19.1. The van der Waals surface area contributed by atoms with E-state index in [1.54, 1.807) is 0 Å². The van der Waals surface area contributed by atoms with Gasteiger partial charge < -0.3 is 4.90 Å². The Morgan fingerprint density at radius 2 is 1.92 bits per heavy atom. The van der Waals surface area contributed by atoms with E-state index >= 15 is 0 Å². The van der Waals surface area contributed by atoms with Crippen molar-refractivity contribution in [2.75, 3.05) is 7.05 Å². The first-order chi connectivity index (χ1) is 11.0. The van der Waals surface area contributed by atoms with Crippen molar-refractivity contribution in [2.24, 2.45) is 5.41 Å². The van der Waals surface area contributed by atoms with E-state index in [1.807, 2.05) is 36.4 Å². The van der Waals surface area contributed by atoms with Crippen LogP contribution in [0, 0.1) is 26.2 Å². The van der Waals surface area contributed by atoms with Gasteiger partial charge in [-0.15, -0.1) is 0 Å². The maximum absolute atomic E-state index is 12.6. The second-order valence-electron chi connectivity index (χ2n) is 7.86. The van der Waals surface area contributed by atoms with Crippen molar-refractivity contribution < 1.29 is 4.79 Å². The third kappa shape index (κ3) is 3.60. The predicted octanol–water partition coefficient (Wildman–Crippen LogP) is 3.48. The number of rotatable bonds is 4. The van der Waals surface area contributed by atoms with E-state index in [4.69, 9.17) is 0 Å². The average molecular weight is 330 g/mol. The molecule has 0 bridgehead atoms. The van der Waals surface area contributed by atoms with Crippen molar-refractivity contribution in [2.45, 2.75) is 67.3 Å². The normalized spacial score (nSPS) is 13.3. The molecule has 0 N–H and O–H groups in total. The Bertz CT molecular complexity index is 755. The molecule has 0 saturated heterocycles. The van der Waals surface area contributed by atoms with E-state index in [2.05, 4.69) is 44.7 Å². The molecule has 24 heavy (non-hydrogen) atoms. The molecular weight excluding hydrogens is 300 g/mol. The highest BCUT2D eigenvalue weighted by atomic mass is 16.2. The summed E-state index contributed by atoms with van der Waals surface area (Å²) >= 11 is 0. The number of nitrogens with zero attached hydrogens (tertiary/aromatic N) is 4. The fourth-order valence-electron chi connectivity index (χ4n) is 3.01. The van der Waals surface area contributed by atoms with Gasteiger partial charge in [0.25, 0.3) is 0 Å². The van der Waals surface area contributed by atoms with Gasteiger partial charge in [-0.1, -0.05) is 20.8 Å². The van der Waals surface area contributed by atoms with Crippen LogP contribution in [-0.2, 0) is 11.2 Å². The van der Waals surface area contributed by atoms with Crippen LogP contribution >= 0.6 is 0 Å². The molecule has 2 aromatic rings. The summed E-state index contributed by atoms with van der Waals surface area (Å²) in [6, 6.07) is 2.18. The molecule has 2 rings (SSSR count). The summed E-state index contributed by atoms with van der Waals surface area (Å²) < 4.78 is 1.88. The Hall–Kier alpha value is -1.91. The van der Waals surface area contributed by atoms with Crippen LogP contribution in [0.4, 0.5) is 0 Å². The van der Waals surface area contributed by atoms with Gasteiger partial charge in [0, 0.05) is 37.0 Å². The van der Waals surface area contributed by atoms with E-state index in [0.717, 1.165) is 28.3 Å². The van der Waals surface area contributed by atoms with Gasteiger partial charge in [0.2, 0.25) is 5.91 Å². The zero-order valence-corrected chi connectivity index (χ0v) is 16.3. The predicted molar refractivity (Wildman–Crippen MR) is 97.2 cm³/mol. The number of carbonyl (C=O) groups excluding carboxylic acids is 1. The Morgan fingerprint density at radius 3 is 2.50 bits per heavy atom. The number of amides is 1. The molecule has 1 amide bonds. The SMILES string of the molecule is Cc1cc2nc(C)c(CCC(=O)N(C)[C@H](C)C(C)(C)C)c(C)n2n1. The number of hydrogen-bond donors (Lipinski definition) is 0. The highest BCUT2D eigenvalue weighted by molar-refractivity contribution is 5.76. The van der Waals surface area contributed by atoms with E-state index < -0.39 is 0 Å². The third-order valence-corrected chi connectivity index (χ3v) is 5.10. The van der Waals surface area contributed by atoms with Crippen molar-refractivity contribution in [1.29, 1.82) is 0 Å². The summed E-state index contributed by atoms with van der Waals surface area (Å²) in [5, 5.41) is 4.50. The van der Waals surface area contributed by atoms with Crippen LogP contribution in [0.2, 0.25) is 0 Å². The Balaban J connectivity index is 2.17. The van der Waals surface area contributed by atoms with Gasteiger partial charge in [-0.05, 0) is 45.1 Å². The van der Waals surface area contributed by atoms with Crippen LogP contribution in [0.1, 0.15) is 56.8 Å². The van der Waals surface area contributed by atoms with Gasteiger partial charge in [0.1, 0.15) is 0 Å². The topological polar surface area (TPSA) is 50.5 Å². The van der Waals surface area contributed by atoms with E-state index in [-0.39, 0.29) is 17.4 Å². The molecule has 0 unspecified atom stereocenters. The van der Waals surface area contributed by atoms with Gasteiger partial charge in [-0.2, -0.15) is 5.10 Å². The summed E-state index contributed by atoms with van der Waals surface area (Å²) in [7, 11) is 1.90. The molecule has 5 heteroatoms. The molecule has 0 aliphatic carbocycles. The molecule has 0 fully saturated rings. The van der Waals surface area contributed by atoms with E-state index in [0.29, 0.717) is 12.8 Å². The maximum atomic E-state index is 12.6. The van der Waals surface area contributed by atoms with Crippen molar-refractivity contribution >= 4 is 11.6 Å². The van der Waals surface area contributed by atoms with Crippen LogP contribution in [0.3, 0.4) is 0 Å². The summed E-state index contributed by atoms with van der Waals surface area (Å²) in [6.45, 7) is 14.6. The van der Waals surface area contributed by atoms with Crippen LogP contribution in [0.25, 0.3) is 5.65 Å². The fraction of sp³-hybridized carbons (Fsp3) is 0.632. The van der Waals surface area contributed by atoms with Crippen molar-refractivity contribution in [3.8, 4) is 0 Å². The molecule has 0 aliphatic rings. The second-order valence-corrected chi connectivity index (χ2v) is 7.86. The fourth-order valence-corrected chi connectivity index (χ4v) is 3.01. The van der Waals surface area contributed by atoms with Gasteiger partial charge in [0.15, 0.2) is 5.65 Å². The first-order valence-electron chi connectivity index (χ1n) is 8.60. The monoisotopic (exact) mass is 330 g/mol. The number of carbonyl (C=O) groups is 1. The number of fused-ring (bicyclic) bond motifs is 1. The Labute approximate surface area is 145 Å². The Kier molecular flexibility index (Phi) is 5.02. The number of aromatic nitrogens is 3. The molecule has 0 spiro atoms. The van der Waals surface area contributed by atoms with Crippen LogP contribution in [-0.4, -0.2) is 38.5 Å². The lowest BCUT2D eigenvalue weighted by molar-refractivity contribution is -0.133. The lowest BCUT2D eigenvalue weighted by Crippen LogP contribution is -2.43. The minimum Gasteiger partial charge on any atom is -0.343 e. The van der Waals surface area contributed by atoms with E-state index in [1.165, 1.54) is 0 Å². The highest BCUT2D eigenvalue weighted by Gasteiger charge is 2.27. The average Bonchev–Trinajstić information content (AvgIpc) is 2.84. The van der Waals surface area contributed by atoms with Crippen molar-refractivity contribution in [3.63, 3.8) is 0 Å². The maximum Gasteiger partial charge on any atom is 0.222 e. The van der Waals surface area contributed by atoms with Gasteiger partial charge >= 0.3 is 0 Å². The lowest BCUT2D eigenvalue weighted by atomic mass is 9.87. The molecular formula is C19H30N4O. The largest absolute Gasteiger partial charge is 0.343 e. The zero-order chi connectivity index (χ0) is 18.2. The first kappa shape index (κ1) is 18.4. The standard InChI is InChI=1S/C19H30N4O/c1-12-11-17-20-13(2)16(14(3)23(17)21-12)9-10-18(24)22(8)15(4)19(5,6)7/h11,15H,9-10H2,1-8H3/t15-/m1/s1. The molecule has 0 saturated carbocycles. The van der Waals surface area contributed by atoms with Crippen LogP contribution in [0.15, 0.2) is 6.07 Å². The van der Waals surface area contributed by atoms with Gasteiger partial charge in [-0.25, -0.2) is 9.50 Å². The quantitative estimate of drug-likeness (QED) is 0.862. The summed E-state index contributed by atoms with van der Waals surface area (Å²) in [5.74, 6) is 0.174. The third-order valence-electron chi connectivity index (χ3n) is 5.10. The second kappa shape index (κ2) is 6.54. The Morgan fingerprint density at radius 1 is 1.29 bits per heavy atom. The summed E-state index contributed by atoms with van der Waals surface area (Å²) in [6.07, 6.45) is 1.19. The van der Waals surface area contributed by atoms with Crippen molar-refractivity contribution in [3.05, 3.63) is 28.7 Å². The smallest absolute Gasteiger partial charge is 0.222 e. The van der Waals surface area contributed by atoms with Crippen LogP contribution in [0.5, 0.6) is 0 Å². The summed E-state index contributed by atoms with van der Waals surface area (Å²) in [5.41, 5.74) is 5.08. The van der Waals surface area contributed by atoms with Gasteiger partial charge in [0.05, 0.1) is 5.69 Å². The molecule has 0 radical (unpaired) electrons. The molecule has 2 heterocycles. The van der Waals surface area contributed by atoms with Gasteiger partial charge in [-0.3, -0.25) is 4.79 Å². The van der Waals surface area contributed by atoms with Crippen LogP contribution < -0.4 is 0 Å². The molecule has 132 valence electrons. The lowest BCUT2D eigenvalue weighted by Gasteiger charge is -2.35. The van der Waals surface area contributed by atoms with E-state index in [9.17, 15) is 4.79 Å². The first-order valence-corrected chi connectivity index (χ1v) is 8.60. The minimum absolute atomic E-state index is 0.0727. The number of hydrogen-bond acceptors (Lipinski definition) is 3. The minimum atomic E-state index is 0.0727.